The van der Waals surface area contributed by atoms with Crippen LogP contribution >= 0.6 is 0 Å². The number of methoxy groups -OCH3 is 1. The maximum Gasteiger partial charge on any atom is 0.162 e. The lowest BCUT2D eigenvalue weighted by Gasteiger charge is -2.25. The van der Waals surface area contributed by atoms with Gasteiger partial charge in [-0.15, -0.1) is 0 Å². The number of aliphatic hydroxyl groups is 1. The molecule has 2 atom stereocenters. The fraction of sp³-hybridized carbons (Fsp3) is 0.769. The highest BCUT2D eigenvalue weighted by molar-refractivity contribution is 5.32. The maximum absolute atomic E-state index is 10.8. The monoisotopic (exact) mass is 268 g/mol. The molecule has 0 bridgehead atoms. The Hall–Kier alpha value is -1.11. The van der Waals surface area contributed by atoms with Gasteiger partial charge in [0, 0.05) is 12.6 Å². The lowest BCUT2D eigenvalue weighted by atomic mass is 9.96. The Morgan fingerprint density at radius 1 is 1.63 bits per heavy atom. The summed E-state index contributed by atoms with van der Waals surface area (Å²) in [6.07, 6.45) is 3.74. The summed E-state index contributed by atoms with van der Waals surface area (Å²) < 4.78 is 7.19. The Kier molecular flexibility index (Phi) is 4.13. The van der Waals surface area contributed by atoms with Crippen molar-refractivity contribution in [2.75, 3.05) is 27.7 Å². The van der Waals surface area contributed by atoms with E-state index in [1.807, 2.05) is 18.8 Å². The first kappa shape index (κ1) is 14.3. The van der Waals surface area contributed by atoms with Gasteiger partial charge in [-0.1, -0.05) is 0 Å². The summed E-state index contributed by atoms with van der Waals surface area (Å²) in [6.45, 7) is 1.59. The van der Waals surface area contributed by atoms with E-state index in [1.54, 1.807) is 13.3 Å². The van der Waals surface area contributed by atoms with E-state index >= 15 is 0 Å². The van der Waals surface area contributed by atoms with Crippen LogP contribution in [0.4, 0.5) is 0 Å². The highest BCUT2D eigenvalue weighted by atomic mass is 16.5. The van der Waals surface area contributed by atoms with Crippen molar-refractivity contribution in [2.24, 2.45) is 5.73 Å². The van der Waals surface area contributed by atoms with Gasteiger partial charge in [-0.2, -0.15) is 5.10 Å². The minimum atomic E-state index is -0.909. The molecule has 1 aliphatic rings. The average molecular weight is 268 g/mol. The van der Waals surface area contributed by atoms with Gasteiger partial charge >= 0.3 is 0 Å². The topological polar surface area (TPSA) is 76.5 Å². The number of nitrogens with two attached hydrogens (primary N) is 1. The highest BCUT2D eigenvalue weighted by Gasteiger charge is 2.42. The third-order valence-electron chi connectivity index (χ3n) is 3.75. The van der Waals surface area contributed by atoms with E-state index in [0.29, 0.717) is 18.6 Å². The number of rotatable bonds is 5. The molecule has 1 aromatic heterocycles. The molecule has 2 rings (SSSR count). The normalized spacial score (nSPS) is 27.2. The molecule has 0 spiro atoms. The van der Waals surface area contributed by atoms with E-state index in [9.17, 15) is 5.11 Å². The van der Waals surface area contributed by atoms with Gasteiger partial charge in [0.15, 0.2) is 5.75 Å². The van der Waals surface area contributed by atoms with Gasteiger partial charge in [-0.3, -0.25) is 4.68 Å². The van der Waals surface area contributed by atoms with Crippen LogP contribution in [0.25, 0.3) is 0 Å². The number of hydrogen-bond donors (Lipinski definition) is 2. The molecule has 1 aliphatic carbocycles. The number of hydrogen-bond acceptors (Lipinski definition) is 5. The van der Waals surface area contributed by atoms with Crippen LogP contribution < -0.4 is 10.5 Å². The van der Waals surface area contributed by atoms with Gasteiger partial charge in [-0.25, -0.2) is 0 Å². The van der Waals surface area contributed by atoms with Crippen LogP contribution in [-0.4, -0.2) is 53.6 Å². The summed E-state index contributed by atoms with van der Waals surface area (Å²) >= 11 is 0. The van der Waals surface area contributed by atoms with Crippen LogP contribution in [0.15, 0.2) is 6.20 Å². The Balaban J connectivity index is 2.28. The summed E-state index contributed by atoms with van der Waals surface area (Å²) in [5, 5.41) is 15.2. The third kappa shape index (κ3) is 2.91. The van der Waals surface area contributed by atoms with Crippen molar-refractivity contribution in [1.82, 2.24) is 14.7 Å². The first-order valence-corrected chi connectivity index (χ1v) is 6.69. The van der Waals surface area contributed by atoms with E-state index in [-0.39, 0.29) is 6.04 Å². The fourth-order valence-corrected chi connectivity index (χ4v) is 2.73. The van der Waals surface area contributed by atoms with E-state index in [4.69, 9.17) is 10.5 Å². The van der Waals surface area contributed by atoms with Crippen molar-refractivity contribution in [3.8, 4) is 5.75 Å². The van der Waals surface area contributed by atoms with Crippen LogP contribution in [-0.2, 0) is 12.1 Å². The molecule has 1 aromatic rings. The summed E-state index contributed by atoms with van der Waals surface area (Å²) in [4.78, 5) is 2.09. The standard InChI is InChI=1S/C13H24N4O2/c1-16(2)6-7-17-12(11(19-3)9-15-17)13(18)5-4-10(14)8-13/h9-10,18H,4-8,14H2,1-3H3. The number of ether oxygens (including phenoxy) is 1. The zero-order valence-corrected chi connectivity index (χ0v) is 12.0. The van der Waals surface area contributed by atoms with Crippen LogP contribution in [0, 0.1) is 0 Å². The molecule has 0 saturated heterocycles. The van der Waals surface area contributed by atoms with Crippen molar-refractivity contribution >= 4 is 0 Å². The van der Waals surface area contributed by atoms with Crippen molar-refractivity contribution in [1.29, 1.82) is 0 Å². The molecule has 1 fully saturated rings. The van der Waals surface area contributed by atoms with Crippen molar-refractivity contribution < 1.29 is 9.84 Å². The summed E-state index contributed by atoms with van der Waals surface area (Å²) in [6, 6.07) is 0.0481. The van der Waals surface area contributed by atoms with Crippen molar-refractivity contribution in [3.05, 3.63) is 11.9 Å². The molecule has 0 aromatic carbocycles. The minimum absolute atomic E-state index is 0.0481. The van der Waals surface area contributed by atoms with Crippen LogP contribution in [0.5, 0.6) is 5.75 Å². The Labute approximate surface area is 114 Å². The zero-order chi connectivity index (χ0) is 14.0. The molecule has 0 radical (unpaired) electrons. The quantitative estimate of drug-likeness (QED) is 0.795. The molecule has 1 saturated carbocycles. The van der Waals surface area contributed by atoms with Crippen LogP contribution in [0.2, 0.25) is 0 Å². The van der Waals surface area contributed by atoms with E-state index < -0.39 is 5.60 Å². The average Bonchev–Trinajstić information content (AvgIpc) is 2.91. The van der Waals surface area contributed by atoms with Gasteiger partial charge in [0.05, 0.1) is 19.9 Å². The van der Waals surface area contributed by atoms with Crippen LogP contribution in [0.3, 0.4) is 0 Å². The molecular formula is C13H24N4O2. The SMILES string of the molecule is COc1cnn(CCN(C)C)c1C1(O)CCC(N)C1. The first-order valence-electron chi connectivity index (χ1n) is 6.69. The second kappa shape index (κ2) is 5.48. The third-order valence-corrected chi connectivity index (χ3v) is 3.75. The van der Waals surface area contributed by atoms with Crippen LogP contribution in [0.1, 0.15) is 25.0 Å². The number of nitrogens with zero attached hydrogens (tertiary/aromatic N) is 3. The molecule has 3 N–H and O–H groups in total. The smallest absolute Gasteiger partial charge is 0.162 e. The van der Waals surface area contributed by atoms with Gasteiger partial charge in [0.2, 0.25) is 0 Å². The van der Waals surface area contributed by atoms with Crippen molar-refractivity contribution in [2.45, 2.75) is 37.5 Å². The van der Waals surface area contributed by atoms with E-state index in [0.717, 1.165) is 25.2 Å². The van der Waals surface area contributed by atoms with Gasteiger partial charge in [-0.05, 0) is 33.4 Å². The molecule has 19 heavy (non-hydrogen) atoms. The first-order chi connectivity index (χ1) is 8.96. The Bertz CT molecular complexity index is 432. The number of aromatic nitrogens is 2. The second-order valence-corrected chi connectivity index (χ2v) is 5.62. The Morgan fingerprint density at radius 2 is 2.37 bits per heavy atom. The largest absolute Gasteiger partial charge is 0.493 e. The summed E-state index contributed by atoms with van der Waals surface area (Å²) in [5.41, 5.74) is 5.80. The second-order valence-electron chi connectivity index (χ2n) is 5.62. The fourth-order valence-electron chi connectivity index (χ4n) is 2.73. The highest BCUT2D eigenvalue weighted by Crippen LogP contribution is 2.41. The Morgan fingerprint density at radius 3 is 2.89 bits per heavy atom. The molecule has 6 heteroatoms. The van der Waals surface area contributed by atoms with E-state index in [1.165, 1.54) is 0 Å². The summed E-state index contributed by atoms with van der Waals surface area (Å²) in [5.74, 6) is 0.648. The maximum atomic E-state index is 10.8. The predicted octanol–water partition coefficient (Wildman–Crippen LogP) is 0.152. The molecule has 6 nitrogen and oxygen atoms in total. The molecule has 2 unspecified atom stereocenters. The predicted molar refractivity (Wildman–Crippen MR) is 73.1 cm³/mol. The molecule has 108 valence electrons. The molecule has 0 aliphatic heterocycles. The van der Waals surface area contributed by atoms with E-state index in [2.05, 4.69) is 10.00 Å². The zero-order valence-electron chi connectivity index (χ0n) is 12.0. The molecule has 1 heterocycles. The lowest BCUT2D eigenvalue weighted by molar-refractivity contribution is 0.0308. The summed E-state index contributed by atoms with van der Waals surface area (Å²) in [7, 11) is 5.64. The molecular weight excluding hydrogens is 244 g/mol. The lowest BCUT2D eigenvalue weighted by Crippen LogP contribution is -2.30. The van der Waals surface area contributed by atoms with Gasteiger partial charge in [0.1, 0.15) is 11.3 Å². The molecule has 0 amide bonds. The number of likely N-dealkylation sites (N-methyl/N-ethyl adjacent to an activating group) is 1. The van der Waals surface area contributed by atoms with Crippen molar-refractivity contribution in [3.63, 3.8) is 0 Å². The minimum Gasteiger partial charge on any atom is -0.493 e. The van der Waals surface area contributed by atoms with Gasteiger partial charge in [0.25, 0.3) is 0 Å². The van der Waals surface area contributed by atoms with Gasteiger partial charge < -0.3 is 20.5 Å².